The standard InChI is InChI=1S/C25H25NO2/c27-24(21-11-7-12-21)14-5-6-15-25(28)26-18-22-10-2-1-8-19(22)16-17-20-9-3-4-13-23(20)26/h1-4,8-10,13,21H,5-7,11-12,14-15,18H2. The Kier molecular flexibility index (Phi) is 5.58. The first-order valence-corrected chi connectivity index (χ1v) is 10.2. The molecule has 1 heterocycles. The van der Waals surface area contributed by atoms with Crippen LogP contribution in [0.3, 0.4) is 0 Å². The number of unbranched alkanes of at least 4 members (excludes halogenated alkanes) is 1. The van der Waals surface area contributed by atoms with Gasteiger partial charge in [-0.1, -0.05) is 48.6 Å². The van der Waals surface area contributed by atoms with E-state index in [0.29, 0.717) is 31.1 Å². The van der Waals surface area contributed by atoms with Gasteiger partial charge in [-0.3, -0.25) is 9.59 Å². The SMILES string of the molecule is O=C(CCCCC(=O)N1Cc2ccccc2C#Cc2ccccc21)C1CCC1. The van der Waals surface area contributed by atoms with E-state index >= 15 is 0 Å². The lowest BCUT2D eigenvalue weighted by Crippen LogP contribution is -2.31. The van der Waals surface area contributed by atoms with E-state index in [9.17, 15) is 9.59 Å². The Morgan fingerprint density at radius 1 is 0.893 bits per heavy atom. The van der Waals surface area contributed by atoms with Crippen molar-refractivity contribution >= 4 is 17.4 Å². The summed E-state index contributed by atoms with van der Waals surface area (Å²) in [7, 11) is 0. The molecule has 1 aliphatic heterocycles. The molecular weight excluding hydrogens is 346 g/mol. The molecule has 0 saturated heterocycles. The molecule has 0 radical (unpaired) electrons. The van der Waals surface area contributed by atoms with E-state index in [1.807, 2.05) is 53.4 Å². The van der Waals surface area contributed by atoms with E-state index in [4.69, 9.17) is 0 Å². The first-order valence-electron chi connectivity index (χ1n) is 10.2. The summed E-state index contributed by atoms with van der Waals surface area (Å²) in [5, 5.41) is 0. The molecule has 142 valence electrons. The Balaban J connectivity index is 1.46. The molecule has 0 N–H and O–H groups in total. The van der Waals surface area contributed by atoms with Crippen molar-refractivity contribution in [2.45, 2.75) is 51.5 Å². The molecule has 0 aromatic heterocycles. The zero-order chi connectivity index (χ0) is 19.3. The van der Waals surface area contributed by atoms with Gasteiger partial charge in [0.1, 0.15) is 5.78 Å². The average Bonchev–Trinajstić information content (AvgIpc) is 2.65. The number of hydrogen-bond acceptors (Lipinski definition) is 2. The van der Waals surface area contributed by atoms with Crippen LogP contribution >= 0.6 is 0 Å². The third-order valence-corrected chi connectivity index (χ3v) is 5.80. The third kappa shape index (κ3) is 4.02. The van der Waals surface area contributed by atoms with Crippen molar-refractivity contribution in [1.82, 2.24) is 0 Å². The Hall–Kier alpha value is -2.86. The maximum atomic E-state index is 13.1. The molecule has 2 aromatic rings. The topological polar surface area (TPSA) is 37.4 Å². The number of carbonyl (C=O) groups is 2. The molecule has 1 fully saturated rings. The molecular formula is C25H25NO2. The van der Waals surface area contributed by atoms with Gasteiger partial charge in [0.15, 0.2) is 0 Å². The van der Waals surface area contributed by atoms with Crippen LogP contribution in [0.25, 0.3) is 0 Å². The molecule has 1 aliphatic carbocycles. The van der Waals surface area contributed by atoms with Crippen molar-refractivity contribution in [3.8, 4) is 11.8 Å². The summed E-state index contributed by atoms with van der Waals surface area (Å²) < 4.78 is 0. The zero-order valence-electron chi connectivity index (χ0n) is 16.1. The summed E-state index contributed by atoms with van der Waals surface area (Å²) in [5.41, 5.74) is 3.80. The molecule has 0 spiro atoms. The normalized spacial score (nSPS) is 15.2. The van der Waals surface area contributed by atoms with Crippen LogP contribution in [0.2, 0.25) is 0 Å². The van der Waals surface area contributed by atoms with Crippen molar-refractivity contribution in [2.75, 3.05) is 4.90 Å². The smallest absolute Gasteiger partial charge is 0.227 e. The average molecular weight is 371 g/mol. The second-order valence-corrected chi connectivity index (χ2v) is 7.71. The minimum atomic E-state index is 0.0991. The molecule has 1 saturated carbocycles. The van der Waals surface area contributed by atoms with Crippen molar-refractivity contribution in [3.63, 3.8) is 0 Å². The summed E-state index contributed by atoms with van der Waals surface area (Å²) >= 11 is 0. The molecule has 0 unspecified atom stereocenters. The zero-order valence-corrected chi connectivity index (χ0v) is 16.1. The monoisotopic (exact) mass is 371 g/mol. The van der Waals surface area contributed by atoms with Gasteiger partial charge in [-0.05, 0) is 49.4 Å². The predicted octanol–water partition coefficient (Wildman–Crippen LogP) is 4.86. The van der Waals surface area contributed by atoms with Crippen LogP contribution in [0.4, 0.5) is 5.69 Å². The number of nitrogens with zero attached hydrogens (tertiary/aromatic N) is 1. The Labute approximate surface area is 166 Å². The van der Waals surface area contributed by atoms with E-state index in [0.717, 1.165) is 48.1 Å². The highest BCUT2D eigenvalue weighted by Crippen LogP contribution is 2.29. The van der Waals surface area contributed by atoms with Crippen LogP contribution in [-0.2, 0) is 16.1 Å². The highest BCUT2D eigenvalue weighted by Gasteiger charge is 2.25. The van der Waals surface area contributed by atoms with Crippen molar-refractivity contribution in [3.05, 3.63) is 65.2 Å². The highest BCUT2D eigenvalue weighted by molar-refractivity contribution is 5.95. The van der Waals surface area contributed by atoms with Gasteiger partial charge in [-0.25, -0.2) is 0 Å². The minimum absolute atomic E-state index is 0.0991. The van der Waals surface area contributed by atoms with E-state index in [1.54, 1.807) is 0 Å². The number of carbonyl (C=O) groups excluding carboxylic acids is 2. The number of para-hydroxylation sites is 1. The number of amides is 1. The van der Waals surface area contributed by atoms with Crippen molar-refractivity contribution in [1.29, 1.82) is 0 Å². The maximum Gasteiger partial charge on any atom is 0.227 e. The summed E-state index contributed by atoms with van der Waals surface area (Å²) in [6.45, 7) is 0.529. The van der Waals surface area contributed by atoms with Gasteiger partial charge in [-0.15, -0.1) is 0 Å². The van der Waals surface area contributed by atoms with Gasteiger partial charge in [-0.2, -0.15) is 0 Å². The molecule has 1 amide bonds. The molecule has 4 rings (SSSR count). The Morgan fingerprint density at radius 2 is 1.57 bits per heavy atom. The first-order chi connectivity index (χ1) is 13.7. The van der Waals surface area contributed by atoms with E-state index in [1.165, 1.54) is 6.42 Å². The quantitative estimate of drug-likeness (QED) is 0.537. The van der Waals surface area contributed by atoms with Gasteiger partial charge >= 0.3 is 0 Å². The van der Waals surface area contributed by atoms with Gasteiger partial charge in [0.25, 0.3) is 0 Å². The van der Waals surface area contributed by atoms with Crippen LogP contribution in [0.15, 0.2) is 48.5 Å². The summed E-state index contributed by atoms with van der Waals surface area (Å²) in [5.74, 6) is 7.25. The van der Waals surface area contributed by atoms with Crippen molar-refractivity contribution in [2.24, 2.45) is 5.92 Å². The Morgan fingerprint density at radius 3 is 2.36 bits per heavy atom. The van der Waals surface area contributed by atoms with E-state index in [-0.39, 0.29) is 5.91 Å². The number of Topliss-reactive ketones (excluding diaryl/α,β-unsaturated/α-hetero) is 1. The number of anilines is 1. The fraction of sp³-hybridized carbons (Fsp3) is 0.360. The Bertz CT molecular complexity index is 946. The second kappa shape index (κ2) is 8.44. The molecule has 0 atom stereocenters. The maximum absolute atomic E-state index is 13.1. The predicted molar refractivity (Wildman–Crippen MR) is 111 cm³/mol. The van der Waals surface area contributed by atoms with Gasteiger partial charge in [0.2, 0.25) is 5.91 Å². The summed E-state index contributed by atoms with van der Waals surface area (Å²) in [6.07, 6.45) is 5.93. The number of rotatable bonds is 6. The molecule has 0 bridgehead atoms. The number of fused-ring (bicyclic) bond motifs is 2. The van der Waals surface area contributed by atoms with Crippen molar-refractivity contribution < 1.29 is 9.59 Å². The fourth-order valence-electron chi connectivity index (χ4n) is 3.85. The molecule has 2 aromatic carbocycles. The highest BCUT2D eigenvalue weighted by atomic mass is 16.2. The second-order valence-electron chi connectivity index (χ2n) is 7.71. The summed E-state index contributed by atoms with van der Waals surface area (Å²) in [4.78, 5) is 27.0. The largest absolute Gasteiger partial charge is 0.307 e. The van der Waals surface area contributed by atoms with Crippen LogP contribution in [0.5, 0.6) is 0 Å². The van der Waals surface area contributed by atoms with Gasteiger partial charge in [0, 0.05) is 29.9 Å². The lowest BCUT2D eigenvalue weighted by molar-refractivity contribution is -0.125. The number of hydrogen-bond donors (Lipinski definition) is 0. The lowest BCUT2D eigenvalue weighted by atomic mass is 9.80. The van der Waals surface area contributed by atoms with E-state index in [2.05, 4.69) is 11.8 Å². The third-order valence-electron chi connectivity index (χ3n) is 5.80. The number of ketones is 1. The molecule has 2 aliphatic rings. The van der Waals surface area contributed by atoms with Gasteiger partial charge in [0.05, 0.1) is 12.2 Å². The number of benzene rings is 2. The summed E-state index contributed by atoms with van der Waals surface area (Å²) in [6, 6.07) is 15.8. The van der Waals surface area contributed by atoms with Crippen LogP contribution < -0.4 is 4.90 Å². The van der Waals surface area contributed by atoms with Crippen LogP contribution in [0, 0.1) is 17.8 Å². The molecule has 3 heteroatoms. The lowest BCUT2D eigenvalue weighted by Gasteiger charge is -2.26. The molecule has 28 heavy (non-hydrogen) atoms. The van der Waals surface area contributed by atoms with Gasteiger partial charge < -0.3 is 4.90 Å². The fourth-order valence-corrected chi connectivity index (χ4v) is 3.85. The van der Waals surface area contributed by atoms with Crippen LogP contribution in [0.1, 0.15) is 61.6 Å². The van der Waals surface area contributed by atoms with Crippen LogP contribution in [-0.4, -0.2) is 11.7 Å². The minimum Gasteiger partial charge on any atom is -0.307 e. The molecule has 3 nitrogen and oxygen atoms in total. The van der Waals surface area contributed by atoms with E-state index < -0.39 is 0 Å². The first kappa shape index (κ1) is 18.5.